The standard InChI is InChI=1S/C14H15BrFN5/c15-11-6-9(16)5-10-12(11)19-7-20-14(10)21-3-1-8(2-4-21)13(17)18/h5-8H,1-4H2,(H3,17,18). The molecule has 1 aliphatic rings. The molecule has 0 unspecified atom stereocenters. The van der Waals surface area contributed by atoms with Crippen LogP contribution in [0.1, 0.15) is 12.8 Å². The number of amidine groups is 1. The number of aromatic nitrogens is 2. The lowest BCUT2D eigenvalue weighted by molar-refractivity contribution is 0.496. The zero-order chi connectivity index (χ0) is 15.0. The molecule has 0 spiro atoms. The molecule has 110 valence electrons. The first-order valence-corrected chi connectivity index (χ1v) is 7.54. The number of nitrogens with one attached hydrogen (secondary N) is 1. The smallest absolute Gasteiger partial charge is 0.140 e. The van der Waals surface area contributed by atoms with Crippen molar-refractivity contribution < 1.29 is 4.39 Å². The summed E-state index contributed by atoms with van der Waals surface area (Å²) in [6, 6.07) is 2.87. The molecule has 0 saturated carbocycles. The first-order chi connectivity index (χ1) is 10.1. The van der Waals surface area contributed by atoms with Crippen molar-refractivity contribution in [1.82, 2.24) is 9.97 Å². The summed E-state index contributed by atoms with van der Waals surface area (Å²) in [6.45, 7) is 1.51. The molecule has 21 heavy (non-hydrogen) atoms. The summed E-state index contributed by atoms with van der Waals surface area (Å²) in [5.74, 6) is 0.806. The summed E-state index contributed by atoms with van der Waals surface area (Å²) in [7, 11) is 0. The van der Waals surface area contributed by atoms with Gasteiger partial charge in [0.05, 0.1) is 11.4 Å². The molecule has 1 saturated heterocycles. The fourth-order valence-electron chi connectivity index (χ4n) is 2.73. The number of halogens is 2. The van der Waals surface area contributed by atoms with E-state index in [4.69, 9.17) is 11.1 Å². The fourth-order valence-corrected chi connectivity index (χ4v) is 3.27. The van der Waals surface area contributed by atoms with Crippen LogP contribution in [0.2, 0.25) is 0 Å². The third-order valence-corrected chi connectivity index (χ3v) is 4.47. The Hall–Kier alpha value is -1.76. The van der Waals surface area contributed by atoms with Crippen molar-refractivity contribution >= 4 is 38.5 Å². The van der Waals surface area contributed by atoms with E-state index in [2.05, 4.69) is 30.8 Å². The Morgan fingerprint density at radius 2 is 2.05 bits per heavy atom. The van der Waals surface area contributed by atoms with Crippen molar-refractivity contribution in [1.29, 1.82) is 5.41 Å². The van der Waals surface area contributed by atoms with E-state index in [-0.39, 0.29) is 17.6 Å². The molecule has 7 heteroatoms. The van der Waals surface area contributed by atoms with E-state index in [9.17, 15) is 4.39 Å². The van der Waals surface area contributed by atoms with Crippen LogP contribution in [0, 0.1) is 17.1 Å². The maximum absolute atomic E-state index is 13.7. The van der Waals surface area contributed by atoms with Gasteiger partial charge in [0, 0.05) is 28.9 Å². The highest BCUT2D eigenvalue weighted by molar-refractivity contribution is 9.10. The molecule has 0 amide bonds. The van der Waals surface area contributed by atoms with Gasteiger partial charge >= 0.3 is 0 Å². The number of hydrogen-bond acceptors (Lipinski definition) is 4. The van der Waals surface area contributed by atoms with Gasteiger partial charge in [-0.1, -0.05) is 0 Å². The molecule has 3 rings (SSSR count). The lowest BCUT2D eigenvalue weighted by Crippen LogP contribution is -2.38. The van der Waals surface area contributed by atoms with E-state index < -0.39 is 0 Å². The maximum atomic E-state index is 13.7. The minimum Gasteiger partial charge on any atom is -0.387 e. The molecule has 0 aliphatic carbocycles. The maximum Gasteiger partial charge on any atom is 0.140 e. The number of piperidine rings is 1. The van der Waals surface area contributed by atoms with Crippen molar-refractivity contribution in [2.75, 3.05) is 18.0 Å². The van der Waals surface area contributed by atoms with Gasteiger partial charge in [0.2, 0.25) is 0 Å². The Kier molecular flexibility index (Phi) is 3.75. The molecule has 0 atom stereocenters. The normalized spacial score (nSPS) is 16.4. The van der Waals surface area contributed by atoms with E-state index in [0.717, 1.165) is 31.7 Å². The first kappa shape index (κ1) is 14.2. The second-order valence-electron chi connectivity index (χ2n) is 5.20. The summed E-state index contributed by atoms with van der Waals surface area (Å²) in [4.78, 5) is 10.6. The van der Waals surface area contributed by atoms with Gasteiger partial charge in [-0.25, -0.2) is 14.4 Å². The minimum atomic E-state index is -0.316. The molecule has 3 N–H and O–H groups in total. The monoisotopic (exact) mass is 351 g/mol. The number of rotatable bonds is 2. The van der Waals surface area contributed by atoms with Crippen molar-refractivity contribution in [2.45, 2.75) is 12.8 Å². The fraction of sp³-hybridized carbons (Fsp3) is 0.357. The van der Waals surface area contributed by atoms with Crippen LogP contribution in [0.4, 0.5) is 10.2 Å². The summed E-state index contributed by atoms with van der Waals surface area (Å²) in [5.41, 5.74) is 6.27. The second-order valence-corrected chi connectivity index (χ2v) is 6.05. The zero-order valence-electron chi connectivity index (χ0n) is 11.3. The highest BCUT2D eigenvalue weighted by Crippen LogP contribution is 2.31. The first-order valence-electron chi connectivity index (χ1n) is 6.75. The van der Waals surface area contributed by atoms with Gasteiger partial charge in [-0.3, -0.25) is 5.41 Å². The Labute approximate surface area is 130 Å². The van der Waals surface area contributed by atoms with Gasteiger partial charge < -0.3 is 10.6 Å². The average molecular weight is 352 g/mol. The largest absolute Gasteiger partial charge is 0.387 e. The molecular weight excluding hydrogens is 337 g/mol. The predicted molar refractivity (Wildman–Crippen MR) is 84.0 cm³/mol. The highest BCUT2D eigenvalue weighted by Gasteiger charge is 2.23. The summed E-state index contributed by atoms with van der Waals surface area (Å²) in [6.07, 6.45) is 3.13. The number of nitrogens with two attached hydrogens (primary N) is 1. The van der Waals surface area contributed by atoms with Crippen LogP contribution >= 0.6 is 15.9 Å². The van der Waals surface area contributed by atoms with Crippen molar-refractivity contribution in [2.24, 2.45) is 11.7 Å². The average Bonchev–Trinajstić information content (AvgIpc) is 2.46. The van der Waals surface area contributed by atoms with Gasteiger partial charge in [-0.15, -0.1) is 0 Å². The van der Waals surface area contributed by atoms with Gasteiger partial charge in [0.15, 0.2) is 0 Å². The van der Waals surface area contributed by atoms with Crippen LogP contribution in [-0.4, -0.2) is 28.9 Å². The molecule has 1 aromatic heterocycles. The van der Waals surface area contributed by atoms with Gasteiger partial charge in [-0.2, -0.15) is 0 Å². The zero-order valence-corrected chi connectivity index (χ0v) is 12.9. The van der Waals surface area contributed by atoms with Gasteiger partial charge in [-0.05, 0) is 40.9 Å². The van der Waals surface area contributed by atoms with E-state index in [1.807, 2.05) is 0 Å². The third-order valence-electron chi connectivity index (χ3n) is 3.87. The number of fused-ring (bicyclic) bond motifs is 1. The van der Waals surface area contributed by atoms with Crippen LogP contribution in [-0.2, 0) is 0 Å². The van der Waals surface area contributed by atoms with E-state index >= 15 is 0 Å². The molecule has 5 nitrogen and oxygen atoms in total. The molecule has 1 aromatic carbocycles. The summed E-state index contributed by atoms with van der Waals surface area (Å²) >= 11 is 3.34. The lowest BCUT2D eigenvalue weighted by Gasteiger charge is -2.32. The third kappa shape index (κ3) is 2.70. The van der Waals surface area contributed by atoms with Crippen LogP contribution < -0.4 is 10.6 Å². The molecule has 1 aliphatic heterocycles. The van der Waals surface area contributed by atoms with Crippen LogP contribution in [0.5, 0.6) is 0 Å². The summed E-state index contributed by atoms with van der Waals surface area (Å²) < 4.78 is 14.3. The Morgan fingerprint density at radius 1 is 1.33 bits per heavy atom. The molecule has 0 radical (unpaired) electrons. The molecular formula is C14H15BrFN5. The predicted octanol–water partition coefficient (Wildman–Crippen LogP) is 2.68. The van der Waals surface area contributed by atoms with Crippen LogP contribution in [0.3, 0.4) is 0 Å². The van der Waals surface area contributed by atoms with Gasteiger partial charge in [0.25, 0.3) is 0 Å². The quantitative estimate of drug-likeness (QED) is 0.643. The van der Waals surface area contributed by atoms with Gasteiger partial charge in [0.1, 0.15) is 18.0 Å². The second kappa shape index (κ2) is 5.55. The van der Waals surface area contributed by atoms with Crippen molar-refractivity contribution in [3.05, 3.63) is 28.7 Å². The molecule has 0 bridgehead atoms. The number of hydrogen-bond donors (Lipinski definition) is 2. The van der Waals surface area contributed by atoms with Crippen LogP contribution in [0.25, 0.3) is 10.9 Å². The van der Waals surface area contributed by atoms with E-state index in [0.29, 0.717) is 15.4 Å². The van der Waals surface area contributed by atoms with Crippen molar-refractivity contribution in [3.8, 4) is 0 Å². The highest BCUT2D eigenvalue weighted by atomic mass is 79.9. The number of nitrogens with zero attached hydrogens (tertiary/aromatic N) is 3. The topological polar surface area (TPSA) is 78.9 Å². The Bertz CT molecular complexity index is 697. The molecule has 2 aromatic rings. The number of anilines is 1. The lowest BCUT2D eigenvalue weighted by atomic mass is 9.96. The Balaban J connectivity index is 1.96. The SMILES string of the molecule is N=C(N)C1CCN(c2ncnc3c(Br)cc(F)cc23)CC1. The Morgan fingerprint density at radius 3 is 2.71 bits per heavy atom. The van der Waals surface area contributed by atoms with E-state index in [1.165, 1.54) is 18.5 Å². The number of benzene rings is 1. The van der Waals surface area contributed by atoms with Crippen molar-refractivity contribution in [3.63, 3.8) is 0 Å². The summed E-state index contributed by atoms with van der Waals surface area (Å²) in [5, 5.41) is 8.22. The van der Waals surface area contributed by atoms with E-state index in [1.54, 1.807) is 0 Å². The minimum absolute atomic E-state index is 0.137. The molecule has 1 fully saturated rings. The van der Waals surface area contributed by atoms with Crippen LogP contribution in [0.15, 0.2) is 22.9 Å². The molecule has 2 heterocycles.